The average molecular weight is 270 g/mol. The highest BCUT2D eigenvalue weighted by Crippen LogP contribution is 2.32. The molecule has 0 spiro atoms. The summed E-state index contributed by atoms with van der Waals surface area (Å²) in [6.07, 6.45) is 0. The van der Waals surface area contributed by atoms with Gasteiger partial charge in [0.2, 0.25) is 0 Å². The number of para-hydroxylation sites is 1. The number of hydrazine groups is 1. The van der Waals surface area contributed by atoms with Crippen molar-refractivity contribution in [2.45, 2.75) is 18.2 Å². The van der Waals surface area contributed by atoms with E-state index >= 15 is 0 Å². The molecule has 1 aliphatic rings. The number of methoxy groups -OCH3 is 1. The molecule has 0 saturated carbocycles. The van der Waals surface area contributed by atoms with Gasteiger partial charge in [-0.15, -0.1) is 0 Å². The molecule has 5 nitrogen and oxygen atoms in total. The molecule has 1 aliphatic heterocycles. The van der Waals surface area contributed by atoms with Crippen LogP contribution < -0.4 is 15.6 Å². The van der Waals surface area contributed by atoms with Crippen molar-refractivity contribution in [3.63, 3.8) is 0 Å². The molecule has 6 heteroatoms. The number of rotatable bonds is 4. The summed E-state index contributed by atoms with van der Waals surface area (Å²) in [6.45, 7) is 2.24. The van der Waals surface area contributed by atoms with Crippen molar-refractivity contribution in [2.24, 2.45) is 0 Å². The normalized spacial score (nSPS) is 24.1. The van der Waals surface area contributed by atoms with Gasteiger partial charge in [-0.1, -0.05) is 25.1 Å². The lowest BCUT2D eigenvalue weighted by molar-refractivity contribution is 0.406. The lowest BCUT2D eigenvalue weighted by atomic mass is 9.99. The van der Waals surface area contributed by atoms with Crippen LogP contribution in [0.5, 0.6) is 5.75 Å². The number of hydrogen-bond acceptors (Lipinski definition) is 5. The number of hydrogen-bond donors (Lipinski definition) is 2. The van der Waals surface area contributed by atoms with E-state index in [1.807, 2.05) is 24.3 Å². The Morgan fingerprint density at radius 1 is 1.39 bits per heavy atom. The number of nitrogens with one attached hydrogen (secondary N) is 2. The highest BCUT2D eigenvalue weighted by molar-refractivity contribution is 7.92. The number of benzene rings is 1. The second-order valence-electron chi connectivity index (χ2n) is 4.25. The van der Waals surface area contributed by atoms with E-state index in [9.17, 15) is 8.42 Å². The van der Waals surface area contributed by atoms with E-state index < -0.39 is 15.2 Å². The third kappa shape index (κ3) is 2.36. The van der Waals surface area contributed by atoms with Gasteiger partial charge in [0.05, 0.1) is 7.11 Å². The molecule has 1 heterocycles. The molecule has 1 aromatic rings. The third-order valence-electron chi connectivity index (χ3n) is 3.26. The lowest BCUT2D eigenvalue weighted by Crippen LogP contribution is -2.39. The van der Waals surface area contributed by atoms with E-state index in [0.29, 0.717) is 6.54 Å². The molecular weight excluding hydrogens is 252 g/mol. The Kier molecular flexibility index (Phi) is 3.89. The van der Waals surface area contributed by atoms with Gasteiger partial charge in [0.25, 0.3) is 0 Å². The fourth-order valence-electron chi connectivity index (χ4n) is 2.24. The van der Waals surface area contributed by atoms with Crippen LogP contribution >= 0.6 is 0 Å². The molecule has 2 atom stereocenters. The van der Waals surface area contributed by atoms with Crippen molar-refractivity contribution in [3.8, 4) is 5.75 Å². The molecule has 2 N–H and O–H groups in total. The van der Waals surface area contributed by atoms with Crippen molar-refractivity contribution < 1.29 is 13.2 Å². The fourth-order valence-corrected chi connectivity index (χ4v) is 3.61. The molecule has 100 valence electrons. The van der Waals surface area contributed by atoms with Crippen LogP contribution in [0.3, 0.4) is 0 Å². The van der Waals surface area contributed by atoms with Crippen LogP contribution in [-0.4, -0.2) is 33.2 Å². The highest BCUT2D eigenvalue weighted by atomic mass is 32.2. The zero-order chi connectivity index (χ0) is 13.2. The molecule has 1 saturated heterocycles. The van der Waals surface area contributed by atoms with Crippen LogP contribution in [0.15, 0.2) is 24.3 Å². The Bertz CT molecular complexity index is 516. The van der Waals surface area contributed by atoms with Crippen LogP contribution in [0.25, 0.3) is 0 Å². The van der Waals surface area contributed by atoms with Crippen molar-refractivity contribution >= 4 is 9.84 Å². The first kappa shape index (κ1) is 13.3. The van der Waals surface area contributed by atoms with Crippen LogP contribution in [0.4, 0.5) is 0 Å². The predicted molar refractivity (Wildman–Crippen MR) is 70.1 cm³/mol. The Morgan fingerprint density at radius 3 is 2.78 bits per heavy atom. The standard InChI is InChI=1S/C12H18N2O3S/c1-3-18(15,16)12-10(8-13-14-12)9-6-4-5-7-11(9)17-2/h4-7,10,12-14H,3,8H2,1-2H3. The second kappa shape index (κ2) is 5.26. The first-order valence-corrected chi connectivity index (χ1v) is 7.64. The molecule has 0 radical (unpaired) electrons. The highest BCUT2D eigenvalue weighted by Gasteiger charge is 2.38. The Labute approximate surface area is 107 Å². The Balaban J connectivity index is 2.38. The monoisotopic (exact) mass is 270 g/mol. The zero-order valence-electron chi connectivity index (χ0n) is 10.5. The van der Waals surface area contributed by atoms with Crippen LogP contribution in [-0.2, 0) is 9.84 Å². The minimum atomic E-state index is -3.15. The molecule has 1 fully saturated rings. The van der Waals surface area contributed by atoms with Gasteiger partial charge in [0, 0.05) is 23.8 Å². The minimum absolute atomic E-state index is 0.123. The van der Waals surface area contributed by atoms with Gasteiger partial charge in [-0.05, 0) is 6.07 Å². The minimum Gasteiger partial charge on any atom is -0.496 e. The molecule has 18 heavy (non-hydrogen) atoms. The molecule has 2 unspecified atom stereocenters. The summed E-state index contributed by atoms with van der Waals surface area (Å²) >= 11 is 0. The number of ether oxygens (including phenoxy) is 1. The van der Waals surface area contributed by atoms with Gasteiger partial charge < -0.3 is 4.74 Å². The molecule has 2 rings (SSSR count). The molecule has 0 bridgehead atoms. The maximum Gasteiger partial charge on any atom is 0.167 e. The van der Waals surface area contributed by atoms with E-state index in [1.54, 1.807) is 14.0 Å². The van der Waals surface area contributed by atoms with Gasteiger partial charge >= 0.3 is 0 Å². The summed E-state index contributed by atoms with van der Waals surface area (Å²) in [5, 5.41) is -0.598. The van der Waals surface area contributed by atoms with E-state index in [2.05, 4.69) is 10.9 Å². The van der Waals surface area contributed by atoms with Gasteiger partial charge in [-0.2, -0.15) is 0 Å². The van der Waals surface area contributed by atoms with Gasteiger partial charge in [-0.3, -0.25) is 5.43 Å². The summed E-state index contributed by atoms with van der Waals surface area (Å²) in [5.74, 6) is 0.716. The first-order valence-electron chi connectivity index (χ1n) is 5.93. The second-order valence-corrected chi connectivity index (χ2v) is 6.66. The third-order valence-corrected chi connectivity index (χ3v) is 5.28. The quantitative estimate of drug-likeness (QED) is 0.841. The maximum atomic E-state index is 12.0. The molecular formula is C12H18N2O3S. The smallest absolute Gasteiger partial charge is 0.167 e. The van der Waals surface area contributed by atoms with Crippen molar-refractivity contribution in [2.75, 3.05) is 19.4 Å². The predicted octanol–water partition coefficient (Wildman–Crippen LogP) is 0.647. The topological polar surface area (TPSA) is 67.4 Å². The van der Waals surface area contributed by atoms with Crippen LogP contribution in [0, 0.1) is 0 Å². The van der Waals surface area contributed by atoms with Crippen LogP contribution in [0.2, 0.25) is 0 Å². The van der Waals surface area contributed by atoms with E-state index in [4.69, 9.17) is 4.74 Å². The summed E-state index contributed by atoms with van der Waals surface area (Å²) in [6, 6.07) is 7.53. The van der Waals surface area contributed by atoms with Crippen molar-refractivity contribution in [1.82, 2.24) is 10.9 Å². The zero-order valence-corrected chi connectivity index (χ0v) is 11.3. The van der Waals surface area contributed by atoms with Gasteiger partial charge in [0.1, 0.15) is 11.1 Å². The van der Waals surface area contributed by atoms with Gasteiger partial charge in [-0.25, -0.2) is 13.8 Å². The molecule has 0 amide bonds. The summed E-state index contributed by atoms with van der Waals surface area (Å²) < 4.78 is 29.4. The maximum absolute atomic E-state index is 12.0. The first-order chi connectivity index (χ1) is 8.60. The molecule has 1 aromatic carbocycles. The SMILES string of the molecule is CCS(=O)(=O)C1NNCC1c1ccccc1OC. The fraction of sp³-hybridized carbons (Fsp3) is 0.500. The Morgan fingerprint density at radius 2 is 2.11 bits per heavy atom. The molecule has 0 aromatic heterocycles. The van der Waals surface area contributed by atoms with E-state index in [1.165, 1.54) is 0 Å². The van der Waals surface area contributed by atoms with E-state index in [0.717, 1.165) is 11.3 Å². The average Bonchev–Trinajstić information content (AvgIpc) is 2.88. The van der Waals surface area contributed by atoms with Crippen molar-refractivity contribution in [1.29, 1.82) is 0 Å². The van der Waals surface area contributed by atoms with Gasteiger partial charge in [0.15, 0.2) is 9.84 Å². The largest absolute Gasteiger partial charge is 0.496 e. The summed E-state index contributed by atoms with van der Waals surface area (Å²) in [7, 11) is -1.55. The number of sulfone groups is 1. The molecule has 0 aliphatic carbocycles. The van der Waals surface area contributed by atoms with E-state index in [-0.39, 0.29) is 11.7 Å². The Hall–Kier alpha value is -1.11. The lowest BCUT2D eigenvalue weighted by Gasteiger charge is -2.20. The van der Waals surface area contributed by atoms with Crippen molar-refractivity contribution in [3.05, 3.63) is 29.8 Å². The summed E-state index contributed by atoms with van der Waals surface area (Å²) in [4.78, 5) is 0. The summed E-state index contributed by atoms with van der Waals surface area (Å²) in [5.41, 5.74) is 6.70. The van der Waals surface area contributed by atoms with Crippen LogP contribution in [0.1, 0.15) is 18.4 Å².